The molecule has 0 unspecified atom stereocenters. The maximum absolute atomic E-state index is 12.7. The predicted octanol–water partition coefficient (Wildman–Crippen LogP) is 2.17. The minimum atomic E-state index is -0.391. The van der Waals surface area contributed by atoms with Crippen molar-refractivity contribution in [3.8, 4) is 0 Å². The fourth-order valence-electron chi connectivity index (χ4n) is 3.23. The lowest BCUT2D eigenvalue weighted by Gasteiger charge is -2.32. The first-order valence-corrected chi connectivity index (χ1v) is 9.75. The van der Waals surface area contributed by atoms with Crippen LogP contribution in [0.15, 0.2) is 36.7 Å². The van der Waals surface area contributed by atoms with Crippen molar-refractivity contribution in [2.75, 3.05) is 18.4 Å². The largest absolute Gasteiger partial charge is 0.348 e. The Labute approximate surface area is 169 Å². The first kappa shape index (κ1) is 20.4. The van der Waals surface area contributed by atoms with E-state index in [1.807, 2.05) is 30.9 Å². The van der Waals surface area contributed by atoms with Crippen LogP contribution in [-0.2, 0) is 4.79 Å². The van der Waals surface area contributed by atoms with Gasteiger partial charge in [-0.15, -0.1) is 0 Å². The molecule has 0 aliphatic carbocycles. The molecule has 1 aromatic heterocycles. The summed E-state index contributed by atoms with van der Waals surface area (Å²) in [4.78, 5) is 47.0. The number of hydrogen-bond donors (Lipinski definition) is 2. The molecule has 2 heterocycles. The summed E-state index contributed by atoms with van der Waals surface area (Å²) in [5.41, 5.74) is 1.59. The van der Waals surface area contributed by atoms with Crippen LogP contribution in [0.2, 0.25) is 0 Å². The number of rotatable bonds is 5. The van der Waals surface area contributed by atoms with E-state index in [0.29, 0.717) is 37.9 Å². The number of nitrogens with one attached hydrogen (secondary N) is 2. The van der Waals surface area contributed by atoms with Gasteiger partial charge in [0.1, 0.15) is 0 Å². The van der Waals surface area contributed by atoms with Gasteiger partial charge in [0.05, 0.1) is 0 Å². The number of carbonyl (C=O) groups excluding carboxylic acids is 3. The zero-order valence-corrected chi connectivity index (χ0v) is 16.6. The molecule has 8 nitrogen and oxygen atoms in total. The zero-order valence-electron chi connectivity index (χ0n) is 16.6. The van der Waals surface area contributed by atoms with Gasteiger partial charge in [0.15, 0.2) is 11.5 Å². The van der Waals surface area contributed by atoms with Crippen LogP contribution in [-0.4, -0.2) is 51.7 Å². The Morgan fingerprint density at radius 2 is 1.69 bits per heavy atom. The van der Waals surface area contributed by atoms with Gasteiger partial charge in [-0.3, -0.25) is 14.4 Å². The van der Waals surface area contributed by atoms with Crippen molar-refractivity contribution in [3.05, 3.63) is 53.5 Å². The molecule has 152 valence electrons. The summed E-state index contributed by atoms with van der Waals surface area (Å²) in [6.07, 6.45) is 4.70. The highest BCUT2D eigenvalue weighted by Crippen LogP contribution is 2.15. The lowest BCUT2D eigenvalue weighted by atomic mass is 10.0. The van der Waals surface area contributed by atoms with E-state index in [-0.39, 0.29) is 29.4 Å². The lowest BCUT2D eigenvalue weighted by molar-refractivity contribution is -0.131. The van der Waals surface area contributed by atoms with Crippen molar-refractivity contribution in [1.82, 2.24) is 20.2 Å². The van der Waals surface area contributed by atoms with E-state index in [1.165, 1.54) is 12.4 Å². The maximum atomic E-state index is 12.7. The number of hydrogen-bond acceptors (Lipinski definition) is 5. The molecule has 1 saturated heterocycles. The number of likely N-dealkylation sites (tertiary alicyclic amines) is 1. The van der Waals surface area contributed by atoms with Gasteiger partial charge in [0.25, 0.3) is 11.8 Å². The molecule has 3 rings (SSSR count). The van der Waals surface area contributed by atoms with E-state index < -0.39 is 5.91 Å². The number of benzene rings is 1. The molecule has 2 N–H and O–H groups in total. The second kappa shape index (κ2) is 9.27. The van der Waals surface area contributed by atoms with Gasteiger partial charge in [-0.25, -0.2) is 9.97 Å². The molecule has 0 bridgehead atoms. The van der Waals surface area contributed by atoms with Crippen LogP contribution in [0, 0.1) is 6.92 Å². The van der Waals surface area contributed by atoms with Crippen LogP contribution in [0.1, 0.15) is 52.6 Å². The summed E-state index contributed by atoms with van der Waals surface area (Å²) in [5, 5.41) is 5.61. The van der Waals surface area contributed by atoms with Crippen LogP contribution in [0.3, 0.4) is 0 Å². The van der Waals surface area contributed by atoms with Crippen LogP contribution in [0.5, 0.6) is 0 Å². The summed E-state index contributed by atoms with van der Waals surface area (Å²) in [6.45, 7) is 5.02. The molecule has 29 heavy (non-hydrogen) atoms. The number of amides is 3. The molecule has 0 saturated carbocycles. The highest BCUT2D eigenvalue weighted by atomic mass is 16.2. The van der Waals surface area contributed by atoms with Gasteiger partial charge in [-0.2, -0.15) is 0 Å². The number of aromatic nitrogens is 2. The van der Waals surface area contributed by atoms with Crippen molar-refractivity contribution in [1.29, 1.82) is 0 Å². The standard InChI is InChI=1S/C21H25N5O3/c1-3-17(27)26-12-8-16(9-13-26)24-21(29)18-19(23-11-10-22-18)25-20(28)15-6-4-14(2)5-7-15/h4-7,10-11,16H,3,8-9,12-13H2,1-2H3,(H,24,29)(H,23,25,28). The molecule has 1 fully saturated rings. The van der Waals surface area contributed by atoms with Gasteiger partial charge in [0, 0.05) is 43.5 Å². The number of nitrogens with zero attached hydrogens (tertiary/aromatic N) is 3. The van der Waals surface area contributed by atoms with Gasteiger partial charge >= 0.3 is 0 Å². The predicted molar refractivity (Wildman–Crippen MR) is 109 cm³/mol. The van der Waals surface area contributed by atoms with Crippen LogP contribution in [0.4, 0.5) is 5.82 Å². The smallest absolute Gasteiger partial charge is 0.273 e. The molecule has 1 aliphatic rings. The highest BCUT2D eigenvalue weighted by Gasteiger charge is 2.25. The molecule has 0 spiro atoms. The molecule has 0 atom stereocenters. The molecular weight excluding hydrogens is 370 g/mol. The third-order valence-corrected chi connectivity index (χ3v) is 4.94. The van der Waals surface area contributed by atoms with Crippen LogP contribution in [0.25, 0.3) is 0 Å². The number of piperidine rings is 1. The zero-order chi connectivity index (χ0) is 20.8. The SMILES string of the molecule is CCC(=O)N1CCC(NC(=O)c2nccnc2NC(=O)c2ccc(C)cc2)CC1. The molecule has 1 aromatic carbocycles. The summed E-state index contributed by atoms with van der Waals surface area (Å²) in [5.74, 6) is -0.498. The van der Waals surface area contributed by atoms with Crippen molar-refractivity contribution in [3.63, 3.8) is 0 Å². The quantitative estimate of drug-likeness (QED) is 0.807. The van der Waals surface area contributed by atoms with Gasteiger partial charge < -0.3 is 15.5 Å². The van der Waals surface area contributed by atoms with Crippen LogP contribution >= 0.6 is 0 Å². The molecule has 8 heteroatoms. The maximum Gasteiger partial charge on any atom is 0.273 e. The minimum absolute atomic E-state index is 0.0499. The fourth-order valence-corrected chi connectivity index (χ4v) is 3.23. The Bertz CT molecular complexity index is 889. The summed E-state index contributed by atoms with van der Waals surface area (Å²) in [7, 11) is 0. The fraction of sp³-hybridized carbons (Fsp3) is 0.381. The average molecular weight is 395 g/mol. The first-order valence-electron chi connectivity index (χ1n) is 9.75. The third-order valence-electron chi connectivity index (χ3n) is 4.94. The van der Waals surface area contributed by atoms with E-state index >= 15 is 0 Å². The van der Waals surface area contributed by atoms with Gasteiger partial charge in [-0.05, 0) is 31.9 Å². The number of anilines is 1. The van der Waals surface area contributed by atoms with E-state index in [4.69, 9.17) is 0 Å². The Morgan fingerprint density at radius 3 is 2.34 bits per heavy atom. The summed E-state index contributed by atoms with van der Waals surface area (Å²) < 4.78 is 0. The van der Waals surface area contributed by atoms with E-state index in [1.54, 1.807) is 12.1 Å². The first-order chi connectivity index (χ1) is 14.0. The van der Waals surface area contributed by atoms with Crippen molar-refractivity contribution in [2.45, 2.75) is 39.2 Å². The Hall–Kier alpha value is -3.29. The van der Waals surface area contributed by atoms with Gasteiger partial charge in [0.2, 0.25) is 5.91 Å². The van der Waals surface area contributed by atoms with E-state index in [9.17, 15) is 14.4 Å². The molecule has 2 aromatic rings. The summed E-state index contributed by atoms with van der Waals surface area (Å²) in [6, 6.07) is 7.06. The second-order valence-electron chi connectivity index (χ2n) is 7.06. The van der Waals surface area contributed by atoms with E-state index in [0.717, 1.165) is 5.56 Å². The molecule has 3 amide bonds. The molecule has 1 aliphatic heterocycles. The van der Waals surface area contributed by atoms with E-state index in [2.05, 4.69) is 20.6 Å². The minimum Gasteiger partial charge on any atom is -0.348 e. The van der Waals surface area contributed by atoms with Crippen molar-refractivity contribution >= 4 is 23.5 Å². The van der Waals surface area contributed by atoms with Crippen molar-refractivity contribution in [2.24, 2.45) is 0 Å². The highest BCUT2D eigenvalue weighted by molar-refractivity contribution is 6.07. The number of aryl methyl sites for hydroxylation is 1. The Kier molecular flexibility index (Phi) is 6.54. The normalized spacial score (nSPS) is 14.3. The second-order valence-corrected chi connectivity index (χ2v) is 7.06. The average Bonchev–Trinajstić information content (AvgIpc) is 2.74. The lowest BCUT2D eigenvalue weighted by Crippen LogP contribution is -2.46. The Morgan fingerprint density at radius 1 is 1.03 bits per heavy atom. The third kappa shape index (κ3) is 5.16. The molecule has 0 radical (unpaired) electrons. The van der Waals surface area contributed by atoms with Crippen LogP contribution < -0.4 is 10.6 Å². The van der Waals surface area contributed by atoms with Crippen molar-refractivity contribution < 1.29 is 14.4 Å². The number of carbonyl (C=O) groups is 3. The summed E-state index contributed by atoms with van der Waals surface area (Å²) >= 11 is 0. The topological polar surface area (TPSA) is 104 Å². The monoisotopic (exact) mass is 395 g/mol. The molecular formula is C21H25N5O3. The Balaban J connectivity index is 1.64. The van der Waals surface area contributed by atoms with Gasteiger partial charge in [-0.1, -0.05) is 24.6 Å².